The van der Waals surface area contributed by atoms with Gasteiger partial charge in [0.15, 0.2) is 6.61 Å². The minimum Gasteiger partial charge on any atom is -0.483 e. The normalized spacial score (nSPS) is 18.9. The smallest absolute Gasteiger partial charge is 0.255 e. The van der Waals surface area contributed by atoms with Crippen molar-refractivity contribution in [3.8, 4) is 5.75 Å². The molecule has 4 nitrogen and oxygen atoms in total. The van der Waals surface area contributed by atoms with E-state index in [1.54, 1.807) is 6.07 Å². The van der Waals surface area contributed by atoms with E-state index in [9.17, 15) is 9.90 Å². The minimum atomic E-state index is -0.492. The molecule has 0 bridgehead atoms. The fourth-order valence-electron chi connectivity index (χ4n) is 2.07. The fourth-order valence-corrected chi connectivity index (χ4v) is 2.07. The molecule has 1 atom stereocenters. The van der Waals surface area contributed by atoms with Gasteiger partial charge in [-0.1, -0.05) is 12.1 Å². The summed E-state index contributed by atoms with van der Waals surface area (Å²) in [5.41, 5.74) is 6.94. The van der Waals surface area contributed by atoms with Crippen molar-refractivity contribution in [2.45, 2.75) is 25.4 Å². The third-order valence-corrected chi connectivity index (χ3v) is 2.80. The van der Waals surface area contributed by atoms with Gasteiger partial charge in [-0.25, -0.2) is 0 Å². The number of aliphatic hydroxyl groups is 1. The Kier molecular flexibility index (Phi) is 3.10. The molecule has 1 aromatic carbocycles. The second kappa shape index (κ2) is 4.53. The molecule has 1 unspecified atom stereocenters. The number of rotatable bonds is 3. The predicted molar refractivity (Wildman–Crippen MR) is 59.0 cm³/mol. The lowest BCUT2D eigenvalue weighted by Gasteiger charge is -2.23. The monoisotopic (exact) mass is 221 g/mol. The molecule has 1 aromatic rings. The van der Waals surface area contributed by atoms with Crippen LogP contribution in [0.5, 0.6) is 5.75 Å². The summed E-state index contributed by atoms with van der Waals surface area (Å²) in [6.45, 7) is -0.119. The van der Waals surface area contributed by atoms with Crippen LogP contribution in [0.1, 0.15) is 30.1 Å². The van der Waals surface area contributed by atoms with Gasteiger partial charge in [-0.05, 0) is 36.5 Å². The highest BCUT2D eigenvalue weighted by molar-refractivity contribution is 5.75. The van der Waals surface area contributed by atoms with Crippen molar-refractivity contribution in [2.75, 3.05) is 6.61 Å². The predicted octanol–water partition coefficient (Wildman–Crippen LogP) is 0.920. The van der Waals surface area contributed by atoms with Crippen molar-refractivity contribution < 1.29 is 14.6 Å². The lowest BCUT2D eigenvalue weighted by molar-refractivity contribution is -0.119. The van der Waals surface area contributed by atoms with Crippen molar-refractivity contribution in [1.82, 2.24) is 0 Å². The van der Waals surface area contributed by atoms with Crippen LogP contribution in [0.15, 0.2) is 18.2 Å². The highest BCUT2D eigenvalue weighted by atomic mass is 16.5. The standard InChI is InChI=1S/C12H15NO3/c13-12(15)7-16-11-6-2-3-8-9(11)4-1-5-10(8)14/h2-3,6,10,14H,1,4-5,7H2,(H2,13,15). The lowest BCUT2D eigenvalue weighted by Crippen LogP contribution is -2.21. The summed E-state index contributed by atoms with van der Waals surface area (Å²) >= 11 is 0. The van der Waals surface area contributed by atoms with E-state index in [4.69, 9.17) is 10.5 Å². The van der Waals surface area contributed by atoms with E-state index in [2.05, 4.69) is 0 Å². The van der Waals surface area contributed by atoms with Crippen molar-refractivity contribution in [2.24, 2.45) is 5.73 Å². The lowest BCUT2D eigenvalue weighted by atomic mass is 9.89. The molecule has 3 N–H and O–H groups in total. The molecular formula is C12H15NO3. The maximum absolute atomic E-state index is 10.7. The average molecular weight is 221 g/mol. The van der Waals surface area contributed by atoms with E-state index < -0.39 is 12.0 Å². The van der Waals surface area contributed by atoms with Gasteiger partial charge in [0.25, 0.3) is 5.91 Å². The Morgan fingerprint density at radius 2 is 2.38 bits per heavy atom. The van der Waals surface area contributed by atoms with Gasteiger partial charge in [0.2, 0.25) is 0 Å². The Bertz CT molecular complexity index is 403. The number of primary amides is 1. The number of aliphatic hydroxyl groups excluding tert-OH is 1. The Balaban J connectivity index is 2.25. The third-order valence-electron chi connectivity index (χ3n) is 2.80. The molecule has 4 heteroatoms. The van der Waals surface area contributed by atoms with Crippen molar-refractivity contribution in [3.63, 3.8) is 0 Å². The molecule has 0 fully saturated rings. The summed E-state index contributed by atoms with van der Waals surface area (Å²) in [6.07, 6.45) is 2.18. The molecule has 0 aliphatic heterocycles. The fraction of sp³-hybridized carbons (Fsp3) is 0.417. The molecule has 86 valence electrons. The third kappa shape index (κ3) is 2.17. The number of fused-ring (bicyclic) bond motifs is 1. The quantitative estimate of drug-likeness (QED) is 0.797. The van der Waals surface area contributed by atoms with E-state index in [1.807, 2.05) is 12.1 Å². The molecular weight excluding hydrogens is 206 g/mol. The number of carbonyl (C=O) groups is 1. The first-order valence-electron chi connectivity index (χ1n) is 5.39. The summed E-state index contributed by atoms with van der Waals surface area (Å²) in [5.74, 6) is 0.170. The zero-order chi connectivity index (χ0) is 11.5. The number of hydrogen-bond acceptors (Lipinski definition) is 3. The SMILES string of the molecule is NC(=O)COc1cccc2c1CCCC2O. The van der Waals surface area contributed by atoms with E-state index in [1.165, 1.54) is 0 Å². The van der Waals surface area contributed by atoms with Gasteiger partial charge in [-0.2, -0.15) is 0 Å². The largest absolute Gasteiger partial charge is 0.483 e. The van der Waals surface area contributed by atoms with Crippen molar-refractivity contribution in [3.05, 3.63) is 29.3 Å². The minimum absolute atomic E-state index is 0.119. The summed E-state index contributed by atoms with van der Waals surface area (Å²) in [7, 11) is 0. The zero-order valence-electron chi connectivity index (χ0n) is 8.98. The number of ether oxygens (including phenoxy) is 1. The summed E-state index contributed by atoms with van der Waals surface area (Å²) < 4.78 is 5.33. The van der Waals surface area contributed by atoms with E-state index in [0.29, 0.717) is 5.75 Å². The Morgan fingerprint density at radius 3 is 3.12 bits per heavy atom. The van der Waals surface area contributed by atoms with Crippen LogP contribution in [0.3, 0.4) is 0 Å². The van der Waals surface area contributed by atoms with Crippen LogP contribution >= 0.6 is 0 Å². The van der Waals surface area contributed by atoms with Gasteiger partial charge in [-0.3, -0.25) is 4.79 Å². The van der Waals surface area contributed by atoms with Crippen LogP contribution < -0.4 is 10.5 Å². The Morgan fingerprint density at radius 1 is 1.56 bits per heavy atom. The number of nitrogens with two attached hydrogens (primary N) is 1. The number of amides is 1. The van der Waals surface area contributed by atoms with Gasteiger partial charge < -0.3 is 15.6 Å². The Labute approximate surface area is 94.0 Å². The maximum atomic E-state index is 10.7. The van der Waals surface area contributed by atoms with Gasteiger partial charge in [0.05, 0.1) is 6.10 Å². The highest BCUT2D eigenvalue weighted by Crippen LogP contribution is 2.34. The van der Waals surface area contributed by atoms with E-state index in [0.717, 1.165) is 30.4 Å². The van der Waals surface area contributed by atoms with Gasteiger partial charge in [-0.15, -0.1) is 0 Å². The van der Waals surface area contributed by atoms with Crippen LogP contribution in [0.2, 0.25) is 0 Å². The van der Waals surface area contributed by atoms with Crippen LogP contribution in [0.25, 0.3) is 0 Å². The molecule has 0 radical (unpaired) electrons. The maximum Gasteiger partial charge on any atom is 0.255 e. The van der Waals surface area contributed by atoms with E-state index in [-0.39, 0.29) is 6.61 Å². The highest BCUT2D eigenvalue weighted by Gasteiger charge is 2.20. The van der Waals surface area contributed by atoms with Crippen LogP contribution in [0.4, 0.5) is 0 Å². The Hall–Kier alpha value is -1.55. The van der Waals surface area contributed by atoms with Gasteiger partial charge in [0, 0.05) is 0 Å². The van der Waals surface area contributed by atoms with Crippen molar-refractivity contribution in [1.29, 1.82) is 0 Å². The molecule has 0 saturated carbocycles. The van der Waals surface area contributed by atoms with Gasteiger partial charge in [0.1, 0.15) is 5.75 Å². The molecule has 0 heterocycles. The molecule has 0 spiro atoms. The zero-order valence-corrected chi connectivity index (χ0v) is 8.98. The molecule has 0 saturated heterocycles. The number of hydrogen-bond donors (Lipinski definition) is 2. The molecule has 1 aliphatic carbocycles. The molecule has 1 aliphatic rings. The molecule has 1 amide bonds. The summed E-state index contributed by atoms with van der Waals surface area (Å²) in [5, 5.41) is 9.82. The average Bonchev–Trinajstić information content (AvgIpc) is 2.27. The number of benzene rings is 1. The molecule has 0 aromatic heterocycles. The van der Waals surface area contributed by atoms with Crippen LogP contribution in [-0.4, -0.2) is 17.6 Å². The van der Waals surface area contributed by atoms with Gasteiger partial charge >= 0.3 is 0 Å². The second-order valence-electron chi connectivity index (χ2n) is 3.99. The van der Waals surface area contributed by atoms with Crippen LogP contribution in [0, 0.1) is 0 Å². The topological polar surface area (TPSA) is 72.6 Å². The second-order valence-corrected chi connectivity index (χ2v) is 3.99. The summed E-state index contributed by atoms with van der Waals surface area (Å²) in [6, 6.07) is 5.53. The molecule has 2 rings (SSSR count). The first-order valence-corrected chi connectivity index (χ1v) is 5.39. The first kappa shape index (κ1) is 11.0. The van der Waals surface area contributed by atoms with E-state index >= 15 is 0 Å². The molecule has 16 heavy (non-hydrogen) atoms. The summed E-state index contributed by atoms with van der Waals surface area (Å²) in [4.78, 5) is 10.7. The first-order chi connectivity index (χ1) is 7.68. The number of carbonyl (C=O) groups excluding carboxylic acids is 1. The van der Waals surface area contributed by atoms with Crippen LogP contribution in [-0.2, 0) is 11.2 Å². The van der Waals surface area contributed by atoms with Crippen molar-refractivity contribution >= 4 is 5.91 Å².